The van der Waals surface area contributed by atoms with Gasteiger partial charge in [0.1, 0.15) is 0 Å². The normalized spacial score (nSPS) is 16.4. The second kappa shape index (κ2) is 6.44. The van der Waals surface area contributed by atoms with Crippen molar-refractivity contribution in [3.05, 3.63) is 34.9 Å². The van der Waals surface area contributed by atoms with E-state index in [1.165, 1.54) is 7.11 Å². The van der Waals surface area contributed by atoms with Crippen LogP contribution in [-0.4, -0.2) is 29.5 Å². The number of methoxy groups -OCH3 is 1. The van der Waals surface area contributed by atoms with Crippen molar-refractivity contribution < 1.29 is 14.3 Å². The highest BCUT2D eigenvalue weighted by Crippen LogP contribution is 2.38. The molecule has 0 saturated heterocycles. The molecule has 0 aliphatic carbocycles. The summed E-state index contributed by atoms with van der Waals surface area (Å²) in [5, 5.41) is 8.11. The molecule has 6 heteroatoms. The minimum Gasteiger partial charge on any atom is -0.465 e. The monoisotopic (exact) mass is 325 g/mol. The maximum atomic E-state index is 12.4. The molecule has 0 spiro atoms. The summed E-state index contributed by atoms with van der Waals surface area (Å²) in [6.07, 6.45) is 7.60. The molecule has 0 saturated carbocycles. The Bertz CT molecular complexity index is 742. The molecule has 124 valence electrons. The van der Waals surface area contributed by atoms with E-state index in [1.54, 1.807) is 17.0 Å². The van der Waals surface area contributed by atoms with Crippen molar-refractivity contribution in [1.82, 2.24) is 4.90 Å². The van der Waals surface area contributed by atoms with Crippen LogP contribution in [0.3, 0.4) is 0 Å². The lowest BCUT2D eigenvalue weighted by Gasteiger charge is -2.16. The molecule has 1 aromatic rings. The predicted molar refractivity (Wildman–Crippen MR) is 86.9 cm³/mol. The molecular formula is C18H19N3O3. The van der Waals surface area contributed by atoms with Crippen molar-refractivity contribution in [2.24, 2.45) is 10.2 Å². The number of amides is 1. The molecule has 2 aliphatic heterocycles. The van der Waals surface area contributed by atoms with E-state index in [2.05, 4.69) is 16.1 Å². The third-order valence-corrected chi connectivity index (χ3v) is 4.49. The minimum absolute atomic E-state index is 0.0724. The van der Waals surface area contributed by atoms with Gasteiger partial charge in [0, 0.05) is 38.8 Å². The molecule has 0 bridgehead atoms. The van der Waals surface area contributed by atoms with Crippen molar-refractivity contribution >= 4 is 11.9 Å². The van der Waals surface area contributed by atoms with Gasteiger partial charge in [-0.1, -0.05) is 6.07 Å². The molecule has 6 nitrogen and oxygen atoms in total. The molecule has 24 heavy (non-hydrogen) atoms. The lowest BCUT2D eigenvalue weighted by molar-refractivity contribution is -0.132. The number of esters is 1. The number of carbonyl (C=O) groups is 2. The van der Waals surface area contributed by atoms with Gasteiger partial charge in [0.2, 0.25) is 5.91 Å². The number of fused-ring (bicyclic) bond motifs is 1. The fraction of sp³-hybridized carbons (Fsp3) is 0.444. The summed E-state index contributed by atoms with van der Waals surface area (Å²) < 4.78 is 4.73. The first kappa shape index (κ1) is 16.2. The number of benzene rings is 1. The molecule has 0 radical (unpaired) electrons. The van der Waals surface area contributed by atoms with E-state index in [0.717, 1.165) is 11.1 Å². The Kier molecular flexibility index (Phi) is 4.34. The zero-order chi connectivity index (χ0) is 17.2. The van der Waals surface area contributed by atoms with Crippen LogP contribution >= 0.6 is 0 Å². The van der Waals surface area contributed by atoms with Crippen LogP contribution in [0.15, 0.2) is 28.4 Å². The van der Waals surface area contributed by atoms with E-state index in [4.69, 9.17) is 11.2 Å². The molecule has 2 aliphatic rings. The van der Waals surface area contributed by atoms with Gasteiger partial charge in [-0.2, -0.15) is 10.2 Å². The summed E-state index contributed by atoms with van der Waals surface area (Å²) in [6.45, 7) is 1.09. The number of nitrogens with zero attached hydrogens (tertiary/aromatic N) is 3. The third kappa shape index (κ3) is 3.30. The van der Waals surface area contributed by atoms with Crippen LogP contribution in [-0.2, 0) is 22.6 Å². The maximum absolute atomic E-state index is 12.4. The van der Waals surface area contributed by atoms with Crippen LogP contribution in [0.5, 0.6) is 0 Å². The van der Waals surface area contributed by atoms with E-state index < -0.39 is 5.66 Å². The Labute approximate surface area is 140 Å². The Morgan fingerprint density at radius 2 is 2.04 bits per heavy atom. The quantitative estimate of drug-likeness (QED) is 0.596. The summed E-state index contributed by atoms with van der Waals surface area (Å²) in [4.78, 5) is 25.8. The lowest BCUT2D eigenvalue weighted by atomic mass is 10.0. The summed E-state index contributed by atoms with van der Waals surface area (Å²) in [5.41, 5.74) is 2.15. The highest BCUT2D eigenvalue weighted by atomic mass is 16.5. The predicted octanol–water partition coefficient (Wildman–Crippen LogP) is 2.67. The number of hydrogen-bond acceptors (Lipinski definition) is 5. The average Bonchev–Trinajstić information content (AvgIpc) is 3.25. The minimum atomic E-state index is -0.424. The summed E-state index contributed by atoms with van der Waals surface area (Å²) >= 11 is 0. The van der Waals surface area contributed by atoms with Crippen molar-refractivity contribution in [2.75, 3.05) is 7.11 Å². The van der Waals surface area contributed by atoms with Crippen LogP contribution in [0.2, 0.25) is 0 Å². The molecule has 0 fully saturated rings. The molecule has 0 atom stereocenters. The van der Waals surface area contributed by atoms with E-state index in [0.29, 0.717) is 44.3 Å². The SMILES string of the molecule is C#CCCC1(CCC(=O)N2Cc3ccc(C(=O)OC)cc3C2)N=N1. The standard InChI is InChI=1S/C18H19N3O3/c1-3-4-8-18(19-20-18)9-7-16(22)21-11-14-6-5-13(17(23)24-2)10-15(14)12-21/h1,5-6,10H,4,7-9,11-12H2,2H3. The molecule has 0 aromatic heterocycles. The van der Waals surface area contributed by atoms with Gasteiger partial charge < -0.3 is 9.64 Å². The number of hydrogen-bond donors (Lipinski definition) is 0. The highest BCUT2D eigenvalue weighted by molar-refractivity contribution is 5.89. The summed E-state index contributed by atoms with van der Waals surface area (Å²) in [5.74, 6) is 2.29. The van der Waals surface area contributed by atoms with Gasteiger partial charge in [-0.3, -0.25) is 4.79 Å². The van der Waals surface area contributed by atoms with Crippen LogP contribution in [0.1, 0.15) is 47.2 Å². The topological polar surface area (TPSA) is 71.3 Å². The molecular weight excluding hydrogens is 306 g/mol. The summed E-state index contributed by atoms with van der Waals surface area (Å²) in [7, 11) is 1.36. The summed E-state index contributed by atoms with van der Waals surface area (Å²) in [6, 6.07) is 5.42. The first-order valence-electron chi connectivity index (χ1n) is 7.92. The van der Waals surface area contributed by atoms with Gasteiger partial charge in [0.25, 0.3) is 0 Å². The Morgan fingerprint density at radius 1 is 1.29 bits per heavy atom. The number of rotatable bonds is 6. The first-order valence-corrected chi connectivity index (χ1v) is 7.92. The van der Waals surface area contributed by atoms with Crippen molar-refractivity contribution in [2.45, 2.75) is 44.4 Å². The van der Waals surface area contributed by atoms with Gasteiger partial charge in [-0.15, -0.1) is 12.3 Å². The fourth-order valence-corrected chi connectivity index (χ4v) is 2.95. The Morgan fingerprint density at radius 3 is 2.71 bits per heavy atom. The number of ether oxygens (including phenoxy) is 1. The van der Waals surface area contributed by atoms with Gasteiger partial charge in [-0.25, -0.2) is 4.79 Å². The van der Waals surface area contributed by atoms with Crippen molar-refractivity contribution in [1.29, 1.82) is 0 Å². The molecule has 3 rings (SSSR count). The van der Waals surface area contributed by atoms with E-state index in [-0.39, 0.29) is 11.9 Å². The maximum Gasteiger partial charge on any atom is 0.337 e. The van der Waals surface area contributed by atoms with Crippen molar-refractivity contribution in [3.63, 3.8) is 0 Å². The van der Waals surface area contributed by atoms with E-state index in [9.17, 15) is 9.59 Å². The number of carbonyl (C=O) groups excluding carboxylic acids is 2. The van der Waals surface area contributed by atoms with Crippen LogP contribution in [0.25, 0.3) is 0 Å². The second-order valence-electron chi connectivity index (χ2n) is 6.11. The van der Waals surface area contributed by atoms with E-state index in [1.807, 2.05) is 6.07 Å². The Hall–Kier alpha value is -2.68. The van der Waals surface area contributed by atoms with Crippen LogP contribution in [0, 0.1) is 12.3 Å². The van der Waals surface area contributed by atoms with Crippen molar-refractivity contribution in [3.8, 4) is 12.3 Å². The highest BCUT2D eigenvalue weighted by Gasteiger charge is 2.40. The number of terminal acetylenes is 1. The largest absolute Gasteiger partial charge is 0.465 e. The zero-order valence-corrected chi connectivity index (χ0v) is 13.6. The molecule has 0 N–H and O–H groups in total. The van der Waals surface area contributed by atoms with Crippen LogP contribution in [0.4, 0.5) is 0 Å². The first-order chi connectivity index (χ1) is 11.6. The lowest BCUT2D eigenvalue weighted by Crippen LogP contribution is -2.26. The smallest absolute Gasteiger partial charge is 0.337 e. The fourth-order valence-electron chi connectivity index (χ4n) is 2.95. The van der Waals surface area contributed by atoms with Gasteiger partial charge in [0.15, 0.2) is 5.66 Å². The zero-order valence-electron chi connectivity index (χ0n) is 13.6. The average molecular weight is 325 g/mol. The van der Waals surface area contributed by atoms with Crippen LogP contribution < -0.4 is 0 Å². The van der Waals surface area contributed by atoms with Gasteiger partial charge in [-0.05, 0) is 23.3 Å². The Balaban J connectivity index is 1.56. The van der Waals surface area contributed by atoms with E-state index >= 15 is 0 Å². The molecule has 1 aromatic carbocycles. The van der Waals surface area contributed by atoms with Gasteiger partial charge >= 0.3 is 5.97 Å². The second-order valence-corrected chi connectivity index (χ2v) is 6.11. The van der Waals surface area contributed by atoms with Gasteiger partial charge in [0.05, 0.1) is 12.7 Å². The molecule has 0 unspecified atom stereocenters. The molecule has 2 heterocycles. The third-order valence-electron chi connectivity index (χ3n) is 4.49. The molecule has 1 amide bonds.